The minimum Gasteiger partial charge on any atom is -0.479 e. The van der Waals surface area contributed by atoms with Crippen molar-refractivity contribution >= 4 is 17.9 Å². The van der Waals surface area contributed by atoms with Crippen LogP contribution in [0.4, 0.5) is 4.79 Å². The number of urea groups is 1. The fraction of sp³-hybridized carbons (Fsp3) is 0.400. The number of nitrogens with one attached hydrogen (secondary N) is 1. The molecule has 2 rings (SSSR count). The maximum Gasteiger partial charge on any atom is 0.330 e. The highest BCUT2D eigenvalue weighted by Gasteiger charge is 2.30. The van der Waals surface area contributed by atoms with Gasteiger partial charge in [0.2, 0.25) is 5.91 Å². The zero-order valence-corrected chi connectivity index (χ0v) is 12.1. The summed E-state index contributed by atoms with van der Waals surface area (Å²) in [5.74, 6) is -1.93. The van der Waals surface area contributed by atoms with Gasteiger partial charge in [0.1, 0.15) is 0 Å². The molecule has 1 aliphatic rings. The number of primary amides is 1. The van der Waals surface area contributed by atoms with Gasteiger partial charge in [0.15, 0.2) is 6.04 Å². The lowest BCUT2D eigenvalue weighted by Gasteiger charge is -2.31. The summed E-state index contributed by atoms with van der Waals surface area (Å²) in [4.78, 5) is 36.3. The minimum absolute atomic E-state index is 0.224. The van der Waals surface area contributed by atoms with Gasteiger partial charge in [0.05, 0.1) is 5.92 Å². The number of likely N-dealkylation sites (tertiary alicyclic amines) is 1. The van der Waals surface area contributed by atoms with Crippen LogP contribution in [0.15, 0.2) is 30.3 Å². The first kappa shape index (κ1) is 15.8. The number of nitrogens with zero attached hydrogens (tertiary/aromatic N) is 1. The van der Waals surface area contributed by atoms with Gasteiger partial charge in [-0.2, -0.15) is 0 Å². The number of piperidine rings is 1. The highest BCUT2D eigenvalue weighted by atomic mass is 16.4. The van der Waals surface area contributed by atoms with Gasteiger partial charge < -0.3 is 21.1 Å². The first-order chi connectivity index (χ1) is 10.5. The number of amides is 3. The summed E-state index contributed by atoms with van der Waals surface area (Å²) >= 11 is 0. The predicted octanol–water partition coefficient (Wildman–Crippen LogP) is 0.719. The fourth-order valence-electron chi connectivity index (χ4n) is 2.58. The topological polar surface area (TPSA) is 113 Å². The van der Waals surface area contributed by atoms with Crippen LogP contribution in [0.5, 0.6) is 0 Å². The van der Waals surface area contributed by atoms with Crippen molar-refractivity contribution in [1.29, 1.82) is 0 Å². The Balaban J connectivity index is 2.05. The average molecular weight is 305 g/mol. The second-order valence-electron chi connectivity index (χ2n) is 5.31. The van der Waals surface area contributed by atoms with Crippen LogP contribution in [-0.2, 0) is 9.59 Å². The molecule has 0 radical (unpaired) electrons. The Kier molecular flexibility index (Phi) is 4.98. The van der Waals surface area contributed by atoms with E-state index in [0.29, 0.717) is 24.9 Å². The van der Waals surface area contributed by atoms with E-state index in [1.54, 1.807) is 30.3 Å². The van der Waals surface area contributed by atoms with Crippen molar-refractivity contribution in [3.63, 3.8) is 0 Å². The van der Waals surface area contributed by atoms with E-state index < -0.39 is 24.0 Å². The van der Waals surface area contributed by atoms with Gasteiger partial charge in [-0.15, -0.1) is 0 Å². The molecule has 1 aromatic rings. The number of carbonyl (C=O) groups excluding carboxylic acids is 2. The molecule has 1 aliphatic heterocycles. The minimum atomic E-state index is -1.12. The van der Waals surface area contributed by atoms with Gasteiger partial charge in [-0.1, -0.05) is 30.3 Å². The Morgan fingerprint density at radius 2 is 1.95 bits per heavy atom. The van der Waals surface area contributed by atoms with E-state index in [9.17, 15) is 19.5 Å². The molecule has 1 heterocycles. The lowest BCUT2D eigenvalue weighted by molar-refractivity contribution is -0.143. The standard InChI is InChI=1S/C15H19N3O4/c16-15(22)18-8-4-7-11(9-18)13(19)17-12(14(20)21)10-5-2-1-3-6-10/h1-3,5-6,11-12H,4,7-9H2,(H2,16,22)(H,17,19)(H,20,21)/t11-,12-/m1/s1. The molecule has 1 fully saturated rings. The zero-order chi connectivity index (χ0) is 16.1. The largest absolute Gasteiger partial charge is 0.479 e. The monoisotopic (exact) mass is 305 g/mol. The molecule has 3 amide bonds. The molecular weight excluding hydrogens is 286 g/mol. The van der Waals surface area contributed by atoms with E-state index in [2.05, 4.69) is 5.32 Å². The SMILES string of the molecule is NC(=O)N1CCC[C@@H](C(=O)N[C@@H](C(=O)O)c2ccccc2)C1. The van der Waals surface area contributed by atoms with E-state index in [1.165, 1.54) is 4.90 Å². The molecule has 2 atom stereocenters. The first-order valence-electron chi connectivity index (χ1n) is 7.11. The summed E-state index contributed by atoms with van der Waals surface area (Å²) < 4.78 is 0. The summed E-state index contributed by atoms with van der Waals surface area (Å²) in [5, 5.41) is 11.9. The summed E-state index contributed by atoms with van der Waals surface area (Å²) in [6.07, 6.45) is 1.28. The highest BCUT2D eigenvalue weighted by Crippen LogP contribution is 2.19. The molecule has 7 nitrogen and oxygen atoms in total. The number of nitrogens with two attached hydrogens (primary N) is 1. The molecule has 0 unspecified atom stereocenters. The molecule has 118 valence electrons. The van der Waals surface area contributed by atoms with Crippen molar-refractivity contribution in [3.05, 3.63) is 35.9 Å². The normalized spacial score (nSPS) is 19.3. The molecule has 4 N–H and O–H groups in total. The van der Waals surface area contributed by atoms with E-state index in [1.807, 2.05) is 0 Å². The molecule has 0 aromatic heterocycles. The van der Waals surface area contributed by atoms with Crippen LogP contribution in [0, 0.1) is 5.92 Å². The van der Waals surface area contributed by atoms with Crippen LogP contribution in [0.1, 0.15) is 24.4 Å². The smallest absolute Gasteiger partial charge is 0.330 e. The molecule has 0 spiro atoms. The molecule has 0 saturated carbocycles. The number of hydrogen-bond acceptors (Lipinski definition) is 3. The summed E-state index contributed by atoms with van der Waals surface area (Å²) in [6, 6.07) is 6.84. The Bertz CT molecular complexity index is 561. The number of hydrogen-bond donors (Lipinski definition) is 3. The molecule has 1 aromatic carbocycles. The van der Waals surface area contributed by atoms with Gasteiger partial charge in [0, 0.05) is 13.1 Å². The van der Waals surface area contributed by atoms with Crippen molar-refractivity contribution < 1.29 is 19.5 Å². The number of aliphatic carboxylic acids is 1. The van der Waals surface area contributed by atoms with Crippen LogP contribution >= 0.6 is 0 Å². The van der Waals surface area contributed by atoms with Gasteiger partial charge >= 0.3 is 12.0 Å². The third-order valence-electron chi connectivity index (χ3n) is 3.77. The van der Waals surface area contributed by atoms with Crippen LogP contribution in [-0.4, -0.2) is 41.0 Å². The summed E-state index contributed by atoms with van der Waals surface area (Å²) in [5.41, 5.74) is 5.74. The third-order valence-corrected chi connectivity index (χ3v) is 3.77. The Morgan fingerprint density at radius 1 is 1.27 bits per heavy atom. The van der Waals surface area contributed by atoms with Crippen molar-refractivity contribution in [2.45, 2.75) is 18.9 Å². The number of carboxylic acids is 1. The van der Waals surface area contributed by atoms with E-state index >= 15 is 0 Å². The maximum absolute atomic E-state index is 12.3. The molecule has 0 aliphatic carbocycles. The van der Waals surface area contributed by atoms with Crippen LogP contribution in [0.2, 0.25) is 0 Å². The first-order valence-corrected chi connectivity index (χ1v) is 7.11. The maximum atomic E-state index is 12.3. The average Bonchev–Trinajstić information content (AvgIpc) is 2.53. The van der Waals surface area contributed by atoms with E-state index in [-0.39, 0.29) is 12.5 Å². The number of rotatable bonds is 4. The van der Waals surface area contributed by atoms with E-state index in [4.69, 9.17) is 5.73 Å². The second kappa shape index (κ2) is 6.93. The number of carbonyl (C=O) groups is 3. The van der Waals surface area contributed by atoms with Crippen LogP contribution in [0.3, 0.4) is 0 Å². The zero-order valence-electron chi connectivity index (χ0n) is 12.1. The van der Waals surface area contributed by atoms with Crippen molar-refractivity contribution in [1.82, 2.24) is 10.2 Å². The van der Waals surface area contributed by atoms with Crippen molar-refractivity contribution in [2.24, 2.45) is 11.7 Å². The lowest BCUT2D eigenvalue weighted by Crippen LogP contribution is -2.48. The molecule has 7 heteroatoms. The predicted molar refractivity (Wildman–Crippen MR) is 78.8 cm³/mol. The van der Waals surface area contributed by atoms with Crippen LogP contribution in [0.25, 0.3) is 0 Å². The van der Waals surface area contributed by atoms with Gasteiger partial charge in [-0.05, 0) is 18.4 Å². The van der Waals surface area contributed by atoms with Gasteiger partial charge in [-0.3, -0.25) is 4.79 Å². The second-order valence-corrected chi connectivity index (χ2v) is 5.31. The Labute approximate surface area is 128 Å². The van der Waals surface area contributed by atoms with Gasteiger partial charge in [-0.25, -0.2) is 9.59 Å². The lowest BCUT2D eigenvalue weighted by atomic mass is 9.96. The van der Waals surface area contributed by atoms with Crippen molar-refractivity contribution in [3.8, 4) is 0 Å². The molecule has 22 heavy (non-hydrogen) atoms. The van der Waals surface area contributed by atoms with E-state index in [0.717, 1.165) is 0 Å². The van der Waals surface area contributed by atoms with Crippen LogP contribution < -0.4 is 11.1 Å². The summed E-state index contributed by atoms with van der Waals surface area (Å²) in [7, 11) is 0. The highest BCUT2D eigenvalue weighted by molar-refractivity contribution is 5.86. The van der Waals surface area contributed by atoms with Crippen molar-refractivity contribution in [2.75, 3.05) is 13.1 Å². The molecular formula is C15H19N3O4. The fourth-order valence-corrected chi connectivity index (χ4v) is 2.58. The third kappa shape index (κ3) is 3.75. The molecule has 0 bridgehead atoms. The Hall–Kier alpha value is -2.57. The van der Waals surface area contributed by atoms with Gasteiger partial charge in [0.25, 0.3) is 0 Å². The summed E-state index contributed by atoms with van der Waals surface area (Å²) in [6.45, 7) is 0.752. The quantitative estimate of drug-likeness (QED) is 0.760. The number of carboxylic acid groups (broad SMARTS) is 1. The molecule has 1 saturated heterocycles. The number of benzene rings is 1. The Morgan fingerprint density at radius 3 is 2.55 bits per heavy atom.